The summed E-state index contributed by atoms with van der Waals surface area (Å²) in [5.41, 5.74) is 0. The first-order valence-corrected chi connectivity index (χ1v) is 6.28. The van der Waals surface area contributed by atoms with E-state index in [1.165, 1.54) is 24.3 Å². The molecule has 17 heavy (non-hydrogen) atoms. The minimum absolute atomic E-state index is 0.302. The van der Waals surface area contributed by atoms with E-state index in [-0.39, 0.29) is 5.82 Å². The number of hydrogen-bond donors (Lipinski definition) is 0. The van der Waals surface area contributed by atoms with Crippen LogP contribution < -0.4 is 4.74 Å². The van der Waals surface area contributed by atoms with Gasteiger partial charge in [0.15, 0.2) is 0 Å². The first-order chi connectivity index (χ1) is 8.13. The van der Waals surface area contributed by atoms with E-state index in [0.29, 0.717) is 17.5 Å². The minimum Gasteiger partial charge on any atom is -0.426 e. The number of hydrogen-bond acceptors (Lipinski definition) is 2. The molecule has 0 aliphatic carbocycles. The van der Waals surface area contributed by atoms with E-state index in [4.69, 9.17) is 9.15 Å². The van der Waals surface area contributed by atoms with Crippen molar-refractivity contribution in [3.05, 3.63) is 51.4 Å². The molecule has 0 amide bonds. The zero-order valence-electron chi connectivity index (χ0n) is 8.49. The van der Waals surface area contributed by atoms with Crippen LogP contribution in [0.5, 0.6) is 11.7 Å². The molecule has 0 aliphatic heterocycles. The fourth-order valence-electron chi connectivity index (χ4n) is 1.19. The van der Waals surface area contributed by atoms with Crippen LogP contribution in [-0.4, -0.2) is 0 Å². The second kappa shape index (κ2) is 5.51. The van der Waals surface area contributed by atoms with Gasteiger partial charge < -0.3 is 9.15 Å². The number of halogens is 3. The van der Waals surface area contributed by atoms with Gasteiger partial charge >= 0.3 is 0 Å². The average molecular weight is 362 g/mol. The molecule has 0 radical (unpaired) electrons. The molecular formula is C12H7Br2FO2. The lowest BCUT2D eigenvalue weighted by molar-refractivity contribution is 0.343. The third-order valence-electron chi connectivity index (χ3n) is 1.89. The van der Waals surface area contributed by atoms with Gasteiger partial charge in [0, 0.05) is 12.1 Å². The molecule has 1 aromatic heterocycles. The predicted octanol–water partition coefficient (Wildman–Crippen LogP) is 5.30. The van der Waals surface area contributed by atoms with Gasteiger partial charge in [0.25, 0.3) is 5.95 Å². The van der Waals surface area contributed by atoms with Crippen LogP contribution in [-0.2, 0) is 0 Å². The van der Waals surface area contributed by atoms with Gasteiger partial charge in [0.2, 0.25) is 0 Å². The van der Waals surface area contributed by atoms with Crippen molar-refractivity contribution < 1.29 is 13.5 Å². The number of rotatable bonds is 3. The highest BCUT2D eigenvalue weighted by Gasteiger charge is 2.03. The SMILES string of the molecule is Fc1ccc(Oc2ccc(C=C(Br)Br)o2)cc1. The third-order valence-corrected chi connectivity index (χ3v) is 2.34. The molecule has 2 aromatic rings. The molecule has 2 nitrogen and oxygen atoms in total. The van der Waals surface area contributed by atoms with Crippen LogP contribution >= 0.6 is 31.9 Å². The maximum Gasteiger partial charge on any atom is 0.290 e. The van der Waals surface area contributed by atoms with Crippen LogP contribution in [0.4, 0.5) is 4.39 Å². The summed E-state index contributed by atoms with van der Waals surface area (Å²) in [4.78, 5) is 0. The van der Waals surface area contributed by atoms with Crippen molar-refractivity contribution >= 4 is 37.9 Å². The van der Waals surface area contributed by atoms with E-state index in [9.17, 15) is 4.39 Å². The summed E-state index contributed by atoms with van der Waals surface area (Å²) >= 11 is 6.46. The van der Waals surface area contributed by atoms with Gasteiger partial charge in [-0.25, -0.2) is 4.39 Å². The van der Waals surface area contributed by atoms with Crippen molar-refractivity contribution in [2.24, 2.45) is 0 Å². The van der Waals surface area contributed by atoms with Gasteiger partial charge in [-0.05, 0) is 62.2 Å². The van der Waals surface area contributed by atoms with Crippen LogP contribution in [0.3, 0.4) is 0 Å². The highest BCUT2D eigenvalue weighted by Crippen LogP contribution is 2.26. The molecule has 0 fully saturated rings. The standard InChI is InChI=1S/C12H7Br2FO2/c13-11(14)7-10-5-6-12(17-10)16-9-3-1-8(15)2-4-9/h1-7H. The Bertz CT molecular complexity index is 528. The van der Waals surface area contributed by atoms with Crippen LogP contribution in [0, 0.1) is 5.82 Å². The third kappa shape index (κ3) is 3.71. The van der Waals surface area contributed by atoms with Crippen LogP contribution in [0.2, 0.25) is 0 Å². The Morgan fingerprint density at radius 1 is 1.12 bits per heavy atom. The minimum atomic E-state index is -0.302. The Hall–Kier alpha value is -1.07. The summed E-state index contributed by atoms with van der Waals surface area (Å²) in [5, 5.41) is 0. The number of furan rings is 1. The maximum absolute atomic E-state index is 12.7. The lowest BCUT2D eigenvalue weighted by atomic mass is 10.3. The molecule has 0 unspecified atom stereocenters. The molecule has 0 spiro atoms. The second-order valence-electron chi connectivity index (χ2n) is 3.15. The van der Waals surface area contributed by atoms with Crippen molar-refractivity contribution in [2.75, 3.05) is 0 Å². The van der Waals surface area contributed by atoms with Gasteiger partial charge in [-0.15, -0.1) is 0 Å². The molecule has 0 saturated carbocycles. The summed E-state index contributed by atoms with van der Waals surface area (Å²) in [6.07, 6.45) is 1.75. The van der Waals surface area contributed by atoms with E-state index >= 15 is 0 Å². The first kappa shape index (κ1) is 12.4. The van der Waals surface area contributed by atoms with Crippen LogP contribution in [0.15, 0.2) is 44.2 Å². The average Bonchev–Trinajstić information content (AvgIpc) is 2.68. The van der Waals surface area contributed by atoms with Gasteiger partial charge in [0.1, 0.15) is 17.3 Å². The van der Waals surface area contributed by atoms with E-state index < -0.39 is 0 Å². The van der Waals surface area contributed by atoms with Crippen molar-refractivity contribution in [3.8, 4) is 11.7 Å². The van der Waals surface area contributed by atoms with E-state index in [1.54, 1.807) is 18.2 Å². The van der Waals surface area contributed by atoms with Crippen LogP contribution in [0.1, 0.15) is 5.76 Å². The number of benzene rings is 1. The molecule has 0 atom stereocenters. The zero-order chi connectivity index (χ0) is 12.3. The monoisotopic (exact) mass is 360 g/mol. The van der Waals surface area contributed by atoms with E-state index in [0.717, 1.165) is 3.39 Å². The predicted molar refractivity (Wildman–Crippen MR) is 71.0 cm³/mol. The highest BCUT2D eigenvalue weighted by molar-refractivity contribution is 9.28. The molecule has 1 aromatic carbocycles. The topological polar surface area (TPSA) is 22.4 Å². The van der Waals surface area contributed by atoms with Crippen molar-refractivity contribution in [3.63, 3.8) is 0 Å². The first-order valence-electron chi connectivity index (χ1n) is 4.69. The summed E-state index contributed by atoms with van der Waals surface area (Å²) in [6.45, 7) is 0. The summed E-state index contributed by atoms with van der Waals surface area (Å²) in [7, 11) is 0. The summed E-state index contributed by atoms with van der Waals surface area (Å²) < 4.78 is 24.2. The van der Waals surface area contributed by atoms with Crippen molar-refractivity contribution in [1.82, 2.24) is 0 Å². The van der Waals surface area contributed by atoms with Crippen molar-refractivity contribution in [1.29, 1.82) is 0 Å². The quantitative estimate of drug-likeness (QED) is 0.740. The molecule has 88 valence electrons. The fraction of sp³-hybridized carbons (Fsp3) is 0. The Morgan fingerprint density at radius 3 is 2.47 bits per heavy atom. The molecular weight excluding hydrogens is 355 g/mol. The Balaban J connectivity index is 2.11. The van der Waals surface area contributed by atoms with Gasteiger partial charge in [-0.3, -0.25) is 0 Å². The Morgan fingerprint density at radius 2 is 1.82 bits per heavy atom. The second-order valence-corrected chi connectivity index (χ2v) is 5.92. The Kier molecular flexibility index (Phi) is 4.02. The van der Waals surface area contributed by atoms with Crippen LogP contribution in [0.25, 0.3) is 6.08 Å². The summed E-state index contributed by atoms with van der Waals surface area (Å²) in [5.74, 6) is 1.22. The van der Waals surface area contributed by atoms with Gasteiger partial charge in [-0.1, -0.05) is 0 Å². The molecule has 1 heterocycles. The van der Waals surface area contributed by atoms with Gasteiger partial charge in [-0.2, -0.15) is 0 Å². The van der Waals surface area contributed by atoms with Gasteiger partial charge in [0.05, 0.1) is 3.39 Å². The molecule has 0 N–H and O–H groups in total. The molecule has 0 saturated heterocycles. The smallest absolute Gasteiger partial charge is 0.290 e. The highest BCUT2D eigenvalue weighted by atomic mass is 79.9. The molecule has 5 heteroatoms. The number of ether oxygens (including phenoxy) is 1. The van der Waals surface area contributed by atoms with E-state index in [1.807, 2.05) is 0 Å². The largest absolute Gasteiger partial charge is 0.426 e. The Labute approximate surface area is 114 Å². The summed E-state index contributed by atoms with van der Waals surface area (Å²) in [6, 6.07) is 9.18. The van der Waals surface area contributed by atoms with Crippen molar-refractivity contribution in [2.45, 2.75) is 0 Å². The molecule has 0 bridgehead atoms. The normalized spacial score (nSPS) is 10.1. The maximum atomic E-state index is 12.7. The molecule has 0 aliphatic rings. The fourth-order valence-corrected chi connectivity index (χ4v) is 1.64. The zero-order valence-corrected chi connectivity index (χ0v) is 11.7. The molecule has 2 rings (SSSR count). The lowest BCUT2D eigenvalue weighted by Crippen LogP contribution is -1.81. The lowest BCUT2D eigenvalue weighted by Gasteiger charge is -2.00. The van der Waals surface area contributed by atoms with E-state index in [2.05, 4.69) is 31.9 Å².